The molecule has 3 heterocycles. The van der Waals surface area contributed by atoms with Gasteiger partial charge in [0.1, 0.15) is 11.6 Å². The van der Waals surface area contributed by atoms with Gasteiger partial charge < -0.3 is 25.3 Å². The van der Waals surface area contributed by atoms with Crippen LogP contribution in [0.15, 0.2) is 48.7 Å². The number of ether oxygens (including phenoxy) is 1. The Bertz CT molecular complexity index is 1460. The van der Waals surface area contributed by atoms with Gasteiger partial charge in [-0.3, -0.25) is 0 Å². The largest absolute Gasteiger partial charge is 0.497 e. The number of rotatable bonds is 6. The molecule has 0 unspecified atom stereocenters. The van der Waals surface area contributed by atoms with Crippen molar-refractivity contribution < 1.29 is 4.74 Å². The molecule has 168 valence electrons. The fourth-order valence-electron chi connectivity index (χ4n) is 4.47. The first kappa shape index (κ1) is 20.9. The van der Waals surface area contributed by atoms with E-state index in [0.717, 1.165) is 39.9 Å². The number of methoxy groups -OCH3 is 1. The van der Waals surface area contributed by atoms with Crippen LogP contribution in [0.4, 0.5) is 11.8 Å². The monoisotopic (exact) mass is 440 g/mol. The minimum atomic E-state index is 0.480. The lowest BCUT2D eigenvalue weighted by molar-refractivity contribution is 0.415. The summed E-state index contributed by atoms with van der Waals surface area (Å²) in [5, 5.41) is 5.67. The second-order valence-corrected chi connectivity index (χ2v) is 8.41. The lowest BCUT2D eigenvalue weighted by Gasteiger charge is -2.12. The SMILES string of the molecule is COc1ccc2[nH]cc(CCNc3nc(C)c(-c4ccc5c(c4)cc(C)n5C)c(N)n3)c2c1. The number of fused-ring (bicyclic) bond motifs is 2. The summed E-state index contributed by atoms with van der Waals surface area (Å²) in [7, 11) is 3.76. The predicted molar refractivity (Wildman–Crippen MR) is 135 cm³/mol. The molecule has 4 N–H and O–H groups in total. The van der Waals surface area contributed by atoms with E-state index in [4.69, 9.17) is 10.5 Å². The van der Waals surface area contributed by atoms with Gasteiger partial charge in [-0.05, 0) is 67.8 Å². The molecule has 33 heavy (non-hydrogen) atoms. The fourth-order valence-corrected chi connectivity index (χ4v) is 4.47. The van der Waals surface area contributed by atoms with Crippen LogP contribution in [0.5, 0.6) is 5.75 Å². The average Bonchev–Trinajstić information content (AvgIpc) is 3.33. The van der Waals surface area contributed by atoms with E-state index < -0.39 is 0 Å². The number of nitrogens with one attached hydrogen (secondary N) is 2. The van der Waals surface area contributed by atoms with Crippen molar-refractivity contribution in [1.82, 2.24) is 19.5 Å². The Kier molecular flexibility index (Phi) is 5.17. The number of hydrogen-bond acceptors (Lipinski definition) is 5. The topological polar surface area (TPSA) is 93.8 Å². The summed E-state index contributed by atoms with van der Waals surface area (Å²) < 4.78 is 7.54. The molecule has 0 amide bonds. The number of nitrogen functional groups attached to an aromatic ring is 1. The third-order valence-electron chi connectivity index (χ3n) is 6.34. The highest BCUT2D eigenvalue weighted by molar-refractivity contribution is 5.89. The second kappa shape index (κ2) is 8.16. The van der Waals surface area contributed by atoms with Gasteiger partial charge in [-0.15, -0.1) is 0 Å². The first-order chi connectivity index (χ1) is 15.9. The summed E-state index contributed by atoms with van der Waals surface area (Å²) in [5.41, 5.74) is 13.9. The van der Waals surface area contributed by atoms with Crippen LogP contribution in [-0.4, -0.2) is 33.2 Å². The molecule has 0 saturated carbocycles. The predicted octanol–water partition coefficient (Wildman–Crippen LogP) is 4.98. The van der Waals surface area contributed by atoms with E-state index in [1.54, 1.807) is 7.11 Å². The molecule has 7 heteroatoms. The molecule has 5 rings (SSSR count). The van der Waals surface area contributed by atoms with Crippen molar-refractivity contribution in [3.05, 3.63) is 65.6 Å². The van der Waals surface area contributed by atoms with Gasteiger partial charge in [-0.1, -0.05) is 6.07 Å². The highest BCUT2D eigenvalue weighted by atomic mass is 16.5. The number of aromatic nitrogens is 4. The molecular formula is C26H28N6O. The van der Waals surface area contributed by atoms with E-state index in [9.17, 15) is 0 Å². The van der Waals surface area contributed by atoms with Crippen LogP contribution >= 0.6 is 0 Å². The molecule has 7 nitrogen and oxygen atoms in total. The Balaban J connectivity index is 1.35. The Morgan fingerprint density at radius 3 is 2.73 bits per heavy atom. The lowest BCUT2D eigenvalue weighted by Crippen LogP contribution is -2.10. The molecule has 5 aromatic rings. The van der Waals surface area contributed by atoms with Gasteiger partial charge in [0.2, 0.25) is 5.95 Å². The van der Waals surface area contributed by atoms with E-state index in [1.165, 1.54) is 22.2 Å². The Hall–Kier alpha value is -4.00. The van der Waals surface area contributed by atoms with E-state index in [0.29, 0.717) is 18.3 Å². The van der Waals surface area contributed by atoms with Crippen LogP contribution in [0.25, 0.3) is 32.9 Å². The molecule has 0 saturated heterocycles. The average molecular weight is 441 g/mol. The molecule has 0 aliphatic carbocycles. The zero-order valence-corrected chi connectivity index (χ0v) is 19.4. The van der Waals surface area contributed by atoms with Gasteiger partial charge in [-0.25, -0.2) is 4.98 Å². The number of hydrogen-bond donors (Lipinski definition) is 3. The van der Waals surface area contributed by atoms with Crippen molar-refractivity contribution in [3.8, 4) is 16.9 Å². The minimum Gasteiger partial charge on any atom is -0.497 e. The van der Waals surface area contributed by atoms with Crippen LogP contribution in [0.2, 0.25) is 0 Å². The number of aromatic amines is 1. The number of benzene rings is 2. The Morgan fingerprint density at radius 1 is 1.09 bits per heavy atom. The van der Waals surface area contributed by atoms with Gasteiger partial charge in [0, 0.05) is 52.9 Å². The summed E-state index contributed by atoms with van der Waals surface area (Å²) in [4.78, 5) is 12.5. The van der Waals surface area contributed by atoms with Crippen molar-refractivity contribution >= 4 is 33.6 Å². The van der Waals surface area contributed by atoms with Crippen LogP contribution in [0.3, 0.4) is 0 Å². The summed E-state index contributed by atoms with van der Waals surface area (Å²) in [6.07, 6.45) is 2.86. The molecule has 0 spiro atoms. The first-order valence-corrected chi connectivity index (χ1v) is 11.0. The molecule has 0 atom stereocenters. The summed E-state index contributed by atoms with van der Waals surface area (Å²) in [5.74, 6) is 1.87. The summed E-state index contributed by atoms with van der Waals surface area (Å²) >= 11 is 0. The third kappa shape index (κ3) is 3.75. The van der Waals surface area contributed by atoms with Crippen LogP contribution in [0, 0.1) is 13.8 Å². The molecule has 0 fully saturated rings. The maximum absolute atomic E-state index is 6.39. The zero-order chi connectivity index (χ0) is 23.1. The van der Waals surface area contributed by atoms with E-state index in [2.05, 4.69) is 69.1 Å². The van der Waals surface area contributed by atoms with Crippen molar-refractivity contribution in [2.24, 2.45) is 7.05 Å². The molecular weight excluding hydrogens is 412 g/mol. The molecule has 0 aliphatic rings. The molecule has 0 aliphatic heterocycles. The standard InChI is InChI=1S/C26H28N6O/c1-15-11-19-12-17(5-8-23(19)32(15)3)24-16(2)30-26(31-25(24)27)28-10-9-18-14-29-22-7-6-20(33-4)13-21(18)22/h5-8,11-14,29H,9-10H2,1-4H3,(H3,27,28,30,31). The molecule has 2 aromatic carbocycles. The summed E-state index contributed by atoms with van der Waals surface area (Å²) in [6, 6.07) is 14.6. The smallest absolute Gasteiger partial charge is 0.224 e. The molecule has 0 bridgehead atoms. The minimum absolute atomic E-state index is 0.480. The number of aryl methyl sites for hydroxylation is 3. The normalized spacial score (nSPS) is 11.4. The number of H-pyrrole nitrogens is 1. The highest BCUT2D eigenvalue weighted by Crippen LogP contribution is 2.31. The zero-order valence-electron chi connectivity index (χ0n) is 19.4. The quantitative estimate of drug-likeness (QED) is 0.346. The highest BCUT2D eigenvalue weighted by Gasteiger charge is 2.14. The first-order valence-electron chi connectivity index (χ1n) is 11.0. The van der Waals surface area contributed by atoms with Crippen LogP contribution in [-0.2, 0) is 13.5 Å². The molecule has 0 radical (unpaired) electrons. The number of anilines is 2. The second-order valence-electron chi connectivity index (χ2n) is 8.41. The van der Waals surface area contributed by atoms with E-state index in [-0.39, 0.29) is 0 Å². The fraction of sp³-hybridized carbons (Fsp3) is 0.231. The third-order valence-corrected chi connectivity index (χ3v) is 6.34. The Morgan fingerprint density at radius 2 is 1.94 bits per heavy atom. The van der Waals surface area contributed by atoms with Gasteiger partial charge in [0.25, 0.3) is 0 Å². The van der Waals surface area contributed by atoms with Crippen molar-refractivity contribution in [2.45, 2.75) is 20.3 Å². The number of nitrogens with two attached hydrogens (primary N) is 1. The van der Waals surface area contributed by atoms with Crippen molar-refractivity contribution in [1.29, 1.82) is 0 Å². The van der Waals surface area contributed by atoms with E-state index >= 15 is 0 Å². The van der Waals surface area contributed by atoms with Crippen LogP contribution in [0.1, 0.15) is 17.0 Å². The lowest BCUT2D eigenvalue weighted by atomic mass is 10.0. The Labute approximate surface area is 192 Å². The maximum Gasteiger partial charge on any atom is 0.224 e. The van der Waals surface area contributed by atoms with E-state index in [1.807, 2.05) is 25.3 Å². The van der Waals surface area contributed by atoms with Gasteiger partial charge in [-0.2, -0.15) is 4.98 Å². The summed E-state index contributed by atoms with van der Waals surface area (Å²) in [6.45, 7) is 4.78. The van der Waals surface area contributed by atoms with Gasteiger partial charge in [0.15, 0.2) is 0 Å². The van der Waals surface area contributed by atoms with Crippen molar-refractivity contribution in [2.75, 3.05) is 24.7 Å². The maximum atomic E-state index is 6.39. The van der Waals surface area contributed by atoms with Crippen LogP contribution < -0.4 is 15.8 Å². The van der Waals surface area contributed by atoms with Crippen molar-refractivity contribution in [3.63, 3.8) is 0 Å². The van der Waals surface area contributed by atoms with Gasteiger partial charge in [0.05, 0.1) is 12.8 Å². The number of nitrogens with zero attached hydrogens (tertiary/aromatic N) is 3. The molecule has 3 aromatic heterocycles. The van der Waals surface area contributed by atoms with Gasteiger partial charge >= 0.3 is 0 Å².